The van der Waals surface area contributed by atoms with E-state index in [2.05, 4.69) is 5.32 Å². The molecule has 1 amide bonds. The largest absolute Gasteiger partial charge is 0.396 e. The van der Waals surface area contributed by atoms with Crippen molar-refractivity contribution in [3.63, 3.8) is 0 Å². The van der Waals surface area contributed by atoms with E-state index in [0.717, 1.165) is 0 Å². The zero-order valence-corrected chi connectivity index (χ0v) is 10.7. The van der Waals surface area contributed by atoms with E-state index in [4.69, 9.17) is 22.0 Å². The van der Waals surface area contributed by atoms with E-state index in [0.29, 0.717) is 4.90 Å². The number of nitrogens with zero attached hydrogens (tertiary/aromatic N) is 2. The fraction of sp³-hybridized carbons (Fsp3) is 0.182. The summed E-state index contributed by atoms with van der Waals surface area (Å²) in [5.74, 6) is -0.338. The van der Waals surface area contributed by atoms with Gasteiger partial charge in [0, 0.05) is 6.92 Å². The summed E-state index contributed by atoms with van der Waals surface area (Å²) in [6, 6.07) is 3.77. The molecule has 0 atom stereocenters. The highest BCUT2D eigenvalue weighted by atomic mass is 32.2. The van der Waals surface area contributed by atoms with Gasteiger partial charge < -0.3 is 16.8 Å². The average Bonchev–Trinajstić information content (AvgIpc) is 2.32. The molecule has 92 valence electrons. The molecule has 7 heteroatoms. The molecule has 0 fully saturated rings. The molecule has 0 radical (unpaired) electrons. The van der Waals surface area contributed by atoms with Crippen LogP contribution in [0.2, 0.25) is 0 Å². The molecule has 0 unspecified atom stereocenters. The lowest BCUT2D eigenvalue weighted by Gasteiger charge is -2.16. The maximum absolute atomic E-state index is 11.1. The number of hydrogen-bond acceptors (Lipinski definition) is 6. The molecule has 1 aromatic carbocycles. The summed E-state index contributed by atoms with van der Waals surface area (Å²) in [4.78, 5) is 11.6. The van der Waals surface area contributed by atoms with Gasteiger partial charge in [0.05, 0.1) is 27.5 Å². The monoisotopic (exact) mass is 261 g/mol. The summed E-state index contributed by atoms with van der Waals surface area (Å²) in [5, 5.41) is 20.6. The van der Waals surface area contributed by atoms with Gasteiger partial charge in [0.25, 0.3) is 0 Å². The van der Waals surface area contributed by atoms with Crippen LogP contribution >= 0.6 is 11.8 Å². The van der Waals surface area contributed by atoms with E-state index in [9.17, 15) is 4.79 Å². The van der Waals surface area contributed by atoms with Gasteiger partial charge in [-0.2, -0.15) is 10.5 Å². The molecule has 0 aliphatic heterocycles. The molecule has 0 heterocycles. The highest BCUT2D eigenvalue weighted by Gasteiger charge is 2.21. The van der Waals surface area contributed by atoms with Crippen LogP contribution in [-0.2, 0) is 4.79 Å². The summed E-state index contributed by atoms with van der Waals surface area (Å²) in [5.41, 5.74) is 12.1. The number of nitriles is 2. The van der Waals surface area contributed by atoms with Gasteiger partial charge in [0.2, 0.25) is 5.91 Å². The van der Waals surface area contributed by atoms with E-state index in [1.165, 1.54) is 18.7 Å². The summed E-state index contributed by atoms with van der Waals surface area (Å²) >= 11 is 1.23. The normalized spacial score (nSPS) is 9.33. The van der Waals surface area contributed by atoms with Gasteiger partial charge in [-0.25, -0.2) is 0 Å². The van der Waals surface area contributed by atoms with Gasteiger partial charge >= 0.3 is 0 Å². The smallest absolute Gasteiger partial charge is 0.221 e. The molecule has 0 saturated heterocycles. The summed E-state index contributed by atoms with van der Waals surface area (Å²) < 4.78 is 0. The number of nitrogens with one attached hydrogen (secondary N) is 1. The van der Waals surface area contributed by atoms with E-state index < -0.39 is 0 Å². The van der Waals surface area contributed by atoms with Crippen LogP contribution < -0.4 is 16.8 Å². The molecule has 0 bridgehead atoms. The Morgan fingerprint density at radius 2 is 1.78 bits per heavy atom. The zero-order chi connectivity index (χ0) is 13.9. The van der Waals surface area contributed by atoms with Gasteiger partial charge in [-0.05, 0) is 6.26 Å². The van der Waals surface area contributed by atoms with Crippen molar-refractivity contribution in [2.75, 3.05) is 23.0 Å². The van der Waals surface area contributed by atoms with Crippen LogP contribution in [0, 0.1) is 22.7 Å². The highest BCUT2D eigenvalue weighted by Crippen LogP contribution is 2.40. The average molecular weight is 261 g/mol. The second-order valence-corrected chi connectivity index (χ2v) is 4.21. The van der Waals surface area contributed by atoms with E-state index in [-0.39, 0.29) is 34.1 Å². The Morgan fingerprint density at radius 1 is 1.22 bits per heavy atom. The maximum atomic E-state index is 11.1. The SMILES string of the molecule is CSc1c(C#N)c(N)c(C#N)c(N)c1NC(C)=O. The summed E-state index contributed by atoms with van der Waals surface area (Å²) in [6.45, 7) is 1.32. The Morgan fingerprint density at radius 3 is 2.17 bits per heavy atom. The minimum absolute atomic E-state index is 0.00750. The fourth-order valence-electron chi connectivity index (χ4n) is 1.50. The third-order valence-corrected chi connectivity index (χ3v) is 3.08. The van der Waals surface area contributed by atoms with Gasteiger partial charge in [0.15, 0.2) is 0 Å². The number of thioether (sulfide) groups is 1. The number of carbonyl (C=O) groups excluding carboxylic acids is 1. The minimum atomic E-state index is -0.338. The van der Waals surface area contributed by atoms with Gasteiger partial charge in [0.1, 0.15) is 17.7 Å². The van der Waals surface area contributed by atoms with E-state index >= 15 is 0 Å². The van der Waals surface area contributed by atoms with Crippen molar-refractivity contribution in [3.8, 4) is 12.1 Å². The second kappa shape index (κ2) is 5.30. The lowest BCUT2D eigenvalue weighted by molar-refractivity contribution is -0.114. The van der Waals surface area contributed by atoms with Crippen molar-refractivity contribution in [1.82, 2.24) is 0 Å². The van der Waals surface area contributed by atoms with Crippen molar-refractivity contribution in [1.29, 1.82) is 10.5 Å². The van der Waals surface area contributed by atoms with Crippen molar-refractivity contribution in [2.24, 2.45) is 0 Å². The number of amides is 1. The van der Waals surface area contributed by atoms with Crippen LogP contribution in [0.1, 0.15) is 18.1 Å². The molecule has 6 nitrogen and oxygen atoms in total. The van der Waals surface area contributed by atoms with E-state index in [1.807, 2.05) is 12.1 Å². The van der Waals surface area contributed by atoms with Gasteiger partial charge in [-0.1, -0.05) is 0 Å². The molecular weight excluding hydrogens is 250 g/mol. The fourth-order valence-corrected chi connectivity index (χ4v) is 2.23. The third kappa shape index (κ3) is 2.17. The second-order valence-electron chi connectivity index (χ2n) is 3.39. The van der Waals surface area contributed by atoms with Crippen LogP contribution in [0.25, 0.3) is 0 Å². The molecule has 0 aliphatic rings. The van der Waals surface area contributed by atoms with Crippen LogP contribution in [-0.4, -0.2) is 12.2 Å². The van der Waals surface area contributed by atoms with Crippen LogP contribution in [0.15, 0.2) is 4.90 Å². The predicted octanol–water partition coefficient (Wildman–Crippen LogP) is 1.27. The van der Waals surface area contributed by atoms with Gasteiger partial charge in [-0.15, -0.1) is 11.8 Å². The Hall–Kier alpha value is -2.38. The minimum Gasteiger partial charge on any atom is -0.396 e. The Kier molecular flexibility index (Phi) is 4.03. The van der Waals surface area contributed by atoms with Crippen LogP contribution in [0.5, 0.6) is 0 Å². The van der Waals surface area contributed by atoms with Gasteiger partial charge in [-0.3, -0.25) is 4.79 Å². The molecule has 18 heavy (non-hydrogen) atoms. The van der Waals surface area contributed by atoms with Crippen LogP contribution in [0.3, 0.4) is 0 Å². The molecule has 1 rings (SSSR count). The first-order valence-electron chi connectivity index (χ1n) is 4.84. The molecule has 0 saturated carbocycles. The van der Waals surface area contributed by atoms with Crippen molar-refractivity contribution in [2.45, 2.75) is 11.8 Å². The number of rotatable bonds is 2. The first-order chi connectivity index (χ1) is 8.47. The first-order valence-corrected chi connectivity index (χ1v) is 6.07. The molecule has 1 aromatic rings. The first kappa shape index (κ1) is 13.7. The number of benzene rings is 1. The Labute approximate surface area is 109 Å². The summed E-state index contributed by atoms with van der Waals surface area (Å²) in [6.07, 6.45) is 1.73. The third-order valence-electron chi connectivity index (χ3n) is 2.26. The zero-order valence-electron chi connectivity index (χ0n) is 9.87. The number of nitrogens with two attached hydrogens (primary N) is 2. The number of hydrogen-bond donors (Lipinski definition) is 3. The summed E-state index contributed by atoms with van der Waals surface area (Å²) in [7, 11) is 0. The predicted molar refractivity (Wildman–Crippen MR) is 70.8 cm³/mol. The highest BCUT2D eigenvalue weighted by molar-refractivity contribution is 7.98. The van der Waals surface area contributed by atoms with Crippen molar-refractivity contribution >= 4 is 34.7 Å². The molecule has 0 aromatic heterocycles. The van der Waals surface area contributed by atoms with Crippen LogP contribution in [0.4, 0.5) is 17.1 Å². The molecular formula is C11H11N5OS. The van der Waals surface area contributed by atoms with E-state index in [1.54, 1.807) is 6.26 Å². The Balaban J connectivity index is 3.74. The molecule has 0 spiro atoms. The lowest BCUT2D eigenvalue weighted by Crippen LogP contribution is -2.13. The molecule has 0 aliphatic carbocycles. The van der Waals surface area contributed by atoms with Crippen molar-refractivity contribution < 1.29 is 4.79 Å². The standard InChI is InChI=1S/C11H11N5OS/c1-5(17)16-10-9(15)6(3-12)8(14)7(4-13)11(10)18-2/h14-15H2,1-2H3,(H,16,17). The van der Waals surface area contributed by atoms with Crippen molar-refractivity contribution in [3.05, 3.63) is 11.1 Å². The maximum Gasteiger partial charge on any atom is 0.221 e. The lowest BCUT2D eigenvalue weighted by atomic mass is 10.0. The topological polar surface area (TPSA) is 129 Å². The number of anilines is 3. The quantitative estimate of drug-likeness (QED) is 0.543. The number of nitrogen functional groups attached to an aromatic ring is 2. The Bertz CT molecular complexity index is 597. The number of carbonyl (C=O) groups is 1. The molecule has 5 N–H and O–H groups in total.